The van der Waals surface area contributed by atoms with Crippen LogP contribution in [-0.4, -0.2) is 23.9 Å². The highest BCUT2D eigenvalue weighted by molar-refractivity contribution is 5.76. The summed E-state index contributed by atoms with van der Waals surface area (Å²) in [6, 6.07) is 0. The van der Waals surface area contributed by atoms with Crippen LogP contribution < -0.4 is 0 Å². The van der Waals surface area contributed by atoms with Gasteiger partial charge in [-0.15, -0.1) is 6.58 Å². The topological polar surface area (TPSA) is 20.3 Å². The van der Waals surface area contributed by atoms with Gasteiger partial charge in [0.15, 0.2) is 0 Å². The predicted octanol–water partition coefficient (Wildman–Crippen LogP) is 1.43. The van der Waals surface area contributed by atoms with Crippen LogP contribution >= 0.6 is 0 Å². The van der Waals surface area contributed by atoms with Crippen molar-refractivity contribution < 1.29 is 4.79 Å². The molecule has 0 aromatic carbocycles. The monoisotopic (exact) mass is 153 g/mol. The minimum Gasteiger partial charge on any atom is -0.342 e. The first-order valence-corrected chi connectivity index (χ1v) is 4.18. The molecule has 1 rings (SSSR count). The van der Waals surface area contributed by atoms with Crippen LogP contribution in [0.15, 0.2) is 12.7 Å². The summed E-state index contributed by atoms with van der Waals surface area (Å²) in [6.07, 6.45) is 3.67. The van der Waals surface area contributed by atoms with E-state index in [-0.39, 0.29) is 5.91 Å². The Morgan fingerprint density at radius 3 is 3.00 bits per heavy atom. The quantitative estimate of drug-likeness (QED) is 0.549. The van der Waals surface area contributed by atoms with Gasteiger partial charge in [0.1, 0.15) is 0 Å². The van der Waals surface area contributed by atoms with Crippen LogP contribution in [0.3, 0.4) is 0 Å². The first-order chi connectivity index (χ1) is 5.27. The second-order valence-corrected chi connectivity index (χ2v) is 2.98. The van der Waals surface area contributed by atoms with E-state index in [9.17, 15) is 4.79 Å². The van der Waals surface area contributed by atoms with Gasteiger partial charge in [0, 0.05) is 19.5 Å². The third-order valence-electron chi connectivity index (χ3n) is 2.21. The molecule has 1 fully saturated rings. The maximum atomic E-state index is 11.2. The standard InChI is InChI=1S/C9H15NO/c1-3-8-5-6-10(7-8)9(11)4-2/h3,8H,1,4-7H2,2H3. The zero-order chi connectivity index (χ0) is 8.27. The number of carbonyl (C=O) groups excluding carboxylic acids is 1. The Balaban J connectivity index is 2.41. The van der Waals surface area contributed by atoms with E-state index >= 15 is 0 Å². The van der Waals surface area contributed by atoms with Crippen LogP contribution in [0.1, 0.15) is 19.8 Å². The van der Waals surface area contributed by atoms with E-state index in [1.54, 1.807) is 0 Å². The van der Waals surface area contributed by atoms with Crippen LogP contribution in [0, 0.1) is 5.92 Å². The molecule has 2 heteroatoms. The molecule has 11 heavy (non-hydrogen) atoms. The van der Waals surface area contributed by atoms with Crippen molar-refractivity contribution in [2.24, 2.45) is 5.92 Å². The Kier molecular flexibility index (Phi) is 2.69. The minimum atomic E-state index is 0.273. The highest BCUT2D eigenvalue weighted by Gasteiger charge is 2.22. The number of nitrogens with zero attached hydrogens (tertiary/aromatic N) is 1. The largest absolute Gasteiger partial charge is 0.342 e. The SMILES string of the molecule is C=CC1CCN(C(=O)CC)C1. The Morgan fingerprint density at radius 2 is 2.55 bits per heavy atom. The average molecular weight is 153 g/mol. The summed E-state index contributed by atoms with van der Waals surface area (Å²) in [5.41, 5.74) is 0. The predicted molar refractivity (Wildman–Crippen MR) is 45.2 cm³/mol. The van der Waals surface area contributed by atoms with Gasteiger partial charge in [0.05, 0.1) is 0 Å². The second kappa shape index (κ2) is 3.56. The molecule has 0 aromatic heterocycles. The van der Waals surface area contributed by atoms with E-state index in [1.807, 2.05) is 17.9 Å². The maximum absolute atomic E-state index is 11.2. The highest BCUT2D eigenvalue weighted by Crippen LogP contribution is 2.17. The zero-order valence-electron chi connectivity index (χ0n) is 7.05. The van der Waals surface area contributed by atoms with Gasteiger partial charge in [-0.1, -0.05) is 13.0 Å². The fourth-order valence-corrected chi connectivity index (χ4v) is 1.43. The lowest BCUT2D eigenvalue weighted by Gasteiger charge is -2.13. The number of amides is 1. The zero-order valence-corrected chi connectivity index (χ0v) is 7.05. The Bertz CT molecular complexity index is 165. The van der Waals surface area contributed by atoms with E-state index in [0.717, 1.165) is 19.5 Å². The number of hydrogen-bond donors (Lipinski definition) is 0. The molecular weight excluding hydrogens is 138 g/mol. The summed E-state index contributed by atoms with van der Waals surface area (Å²) in [7, 11) is 0. The molecule has 1 amide bonds. The van der Waals surface area contributed by atoms with Crippen LogP contribution in [0.5, 0.6) is 0 Å². The summed E-state index contributed by atoms with van der Waals surface area (Å²) >= 11 is 0. The van der Waals surface area contributed by atoms with Gasteiger partial charge in [-0.05, 0) is 12.3 Å². The molecule has 1 atom stereocenters. The fourth-order valence-electron chi connectivity index (χ4n) is 1.43. The lowest BCUT2D eigenvalue weighted by molar-refractivity contribution is -0.129. The average Bonchev–Trinajstić information content (AvgIpc) is 2.50. The third-order valence-corrected chi connectivity index (χ3v) is 2.21. The first kappa shape index (κ1) is 8.31. The molecule has 0 aliphatic carbocycles. The van der Waals surface area contributed by atoms with E-state index < -0.39 is 0 Å². The van der Waals surface area contributed by atoms with E-state index in [2.05, 4.69) is 6.58 Å². The summed E-state index contributed by atoms with van der Waals surface area (Å²) in [5.74, 6) is 0.805. The lowest BCUT2D eigenvalue weighted by atomic mass is 10.1. The highest BCUT2D eigenvalue weighted by atomic mass is 16.2. The molecule has 2 nitrogen and oxygen atoms in total. The molecule has 0 spiro atoms. The van der Waals surface area contributed by atoms with Crippen molar-refractivity contribution in [3.63, 3.8) is 0 Å². The number of carbonyl (C=O) groups is 1. The van der Waals surface area contributed by atoms with E-state index in [4.69, 9.17) is 0 Å². The number of hydrogen-bond acceptors (Lipinski definition) is 1. The van der Waals surface area contributed by atoms with Crippen LogP contribution in [0.2, 0.25) is 0 Å². The molecule has 1 saturated heterocycles. The van der Waals surface area contributed by atoms with Crippen LogP contribution in [-0.2, 0) is 4.79 Å². The van der Waals surface area contributed by atoms with Gasteiger partial charge in [-0.3, -0.25) is 4.79 Å². The molecule has 1 aliphatic rings. The van der Waals surface area contributed by atoms with Crippen molar-refractivity contribution in [1.82, 2.24) is 4.90 Å². The smallest absolute Gasteiger partial charge is 0.222 e. The summed E-state index contributed by atoms with van der Waals surface area (Å²) < 4.78 is 0. The van der Waals surface area contributed by atoms with Gasteiger partial charge < -0.3 is 4.90 Å². The molecule has 0 N–H and O–H groups in total. The van der Waals surface area contributed by atoms with Crippen molar-refractivity contribution >= 4 is 5.91 Å². The summed E-state index contributed by atoms with van der Waals surface area (Å²) in [6.45, 7) is 7.44. The van der Waals surface area contributed by atoms with Gasteiger partial charge in [0.25, 0.3) is 0 Å². The van der Waals surface area contributed by atoms with Crippen LogP contribution in [0.4, 0.5) is 0 Å². The molecule has 0 aromatic rings. The molecule has 0 radical (unpaired) electrons. The third kappa shape index (κ3) is 1.82. The van der Waals surface area contributed by atoms with Crippen molar-refractivity contribution in [3.05, 3.63) is 12.7 Å². The molecule has 1 unspecified atom stereocenters. The van der Waals surface area contributed by atoms with Crippen molar-refractivity contribution in [2.45, 2.75) is 19.8 Å². The molecule has 62 valence electrons. The maximum Gasteiger partial charge on any atom is 0.222 e. The Hall–Kier alpha value is -0.790. The second-order valence-electron chi connectivity index (χ2n) is 2.98. The molecular formula is C9H15NO. The number of likely N-dealkylation sites (tertiary alicyclic amines) is 1. The van der Waals surface area contributed by atoms with Crippen molar-refractivity contribution in [3.8, 4) is 0 Å². The minimum absolute atomic E-state index is 0.273. The Labute approximate surface area is 67.9 Å². The molecule has 1 heterocycles. The van der Waals surface area contributed by atoms with Gasteiger partial charge in [-0.2, -0.15) is 0 Å². The normalized spacial score (nSPS) is 23.7. The van der Waals surface area contributed by atoms with Crippen LogP contribution in [0.25, 0.3) is 0 Å². The number of rotatable bonds is 2. The van der Waals surface area contributed by atoms with Gasteiger partial charge >= 0.3 is 0 Å². The molecule has 0 bridgehead atoms. The summed E-state index contributed by atoms with van der Waals surface area (Å²) in [4.78, 5) is 13.1. The molecule has 1 aliphatic heterocycles. The van der Waals surface area contributed by atoms with E-state index in [0.29, 0.717) is 12.3 Å². The first-order valence-electron chi connectivity index (χ1n) is 4.18. The van der Waals surface area contributed by atoms with E-state index in [1.165, 1.54) is 0 Å². The van der Waals surface area contributed by atoms with Crippen molar-refractivity contribution in [1.29, 1.82) is 0 Å². The van der Waals surface area contributed by atoms with Crippen molar-refractivity contribution in [2.75, 3.05) is 13.1 Å². The fraction of sp³-hybridized carbons (Fsp3) is 0.667. The van der Waals surface area contributed by atoms with Gasteiger partial charge in [-0.25, -0.2) is 0 Å². The van der Waals surface area contributed by atoms with Gasteiger partial charge in [0.2, 0.25) is 5.91 Å². The summed E-state index contributed by atoms with van der Waals surface area (Å²) in [5, 5.41) is 0. The Morgan fingerprint density at radius 1 is 1.82 bits per heavy atom. The molecule has 0 saturated carbocycles. The lowest BCUT2D eigenvalue weighted by Crippen LogP contribution is -2.27.